The number of aromatic hydroxyl groups is 2. The number of methoxy groups -OCH3 is 4. The number of rotatable bonds is 8. The molecular formula is C34H40O19. The molecule has 0 amide bonds. The van der Waals surface area contributed by atoms with Crippen LogP contribution in [0.2, 0.25) is 0 Å². The second kappa shape index (κ2) is 16.1. The Morgan fingerprint density at radius 1 is 0.755 bits per heavy atom. The first-order valence-electron chi connectivity index (χ1n) is 15.9. The molecule has 0 aromatic heterocycles. The fourth-order valence-electron chi connectivity index (χ4n) is 6.01. The third-order valence-corrected chi connectivity index (χ3v) is 8.85. The molecule has 19 heteroatoms. The lowest BCUT2D eigenvalue weighted by atomic mass is 9.98. The second-order valence-corrected chi connectivity index (χ2v) is 12.0. The first-order chi connectivity index (χ1) is 25.3. The van der Waals surface area contributed by atoms with E-state index in [9.17, 15) is 50.4 Å². The molecule has 19 nitrogen and oxygen atoms in total. The number of phenolic OH excluding ortho intramolecular Hbond substituents is 2. The topological polar surface area (TPSA) is 279 Å². The number of hydrogen-bond acceptors (Lipinski definition) is 19. The molecule has 9 atom stereocenters. The molecule has 5 rings (SSSR count). The predicted octanol–water partition coefficient (Wildman–Crippen LogP) is -1.67. The van der Waals surface area contributed by atoms with E-state index in [1.807, 2.05) is 0 Å². The maximum atomic E-state index is 14.4. The summed E-state index contributed by atoms with van der Waals surface area (Å²) < 4.78 is 49.4. The summed E-state index contributed by atoms with van der Waals surface area (Å²) in [5.41, 5.74) is -1.09. The molecule has 3 aliphatic heterocycles. The van der Waals surface area contributed by atoms with Crippen LogP contribution < -0.4 is 18.9 Å². The second-order valence-electron chi connectivity index (χ2n) is 12.0. The lowest BCUT2D eigenvalue weighted by Gasteiger charge is -2.43. The Morgan fingerprint density at radius 2 is 1.38 bits per heavy atom. The van der Waals surface area contributed by atoms with Gasteiger partial charge in [0.25, 0.3) is 0 Å². The van der Waals surface area contributed by atoms with Crippen molar-refractivity contribution in [1.82, 2.24) is 0 Å². The van der Waals surface area contributed by atoms with Crippen molar-refractivity contribution in [1.29, 1.82) is 0 Å². The summed E-state index contributed by atoms with van der Waals surface area (Å²) in [5, 5.41) is 84.9. The normalized spacial score (nSPS) is 32.1. The van der Waals surface area contributed by atoms with Crippen LogP contribution in [-0.2, 0) is 33.3 Å². The van der Waals surface area contributed by atoms with Gasteiger partial charge < -0.3 is 83.5 Å². The van der Waals surface area contributed by atoms with Crippen LogP contribution in [0.1, 0.15) is 11.1 Å². The minimum atomic E-state index is -2.58. The molecule has 0 spiro atoms. The number of ether oxygens (including phenoxy) is 9. The summed E-state index contributed by atoms with van der Waals surface area (Å²) >= 11 is 0. The maximum absolute atomic E-state index is 14.4. The van der Waals surface area contributed by atoms with Crippen LogP contribution in [-0.4, -0.2) is 156 Å². The number of carbonyl (C=O) groups is 2. The average Bonchev–Trinajstić information content (AvgIpc) is 3.42. The van der Waals surface area contributed by atoms with E-state index in [-0.39, 0.29) is 39.9 Å². The van der Waals surface area contributed by atoms with Crippen LogP contribution in [0.25, 0.3) is 12.2 Å². The summed E-state index contributed by atoms with van der Waals surface area (Å²) in [6, 6.07) is 4.99. The molecule has 0 aliphatic carbocycles. The third kappa shape index (κ3) is 7.56. The van der Waals surface area contributed by atoms with Gasteiger partial charge in [0.2, 0.25) is 11.5 Å². The molecule has 2 aromatic carbocycles. The van der Waals surface area contributed by atoms with Gasteiger partial charge in [0.15, 0.2) is 35.4 Å². The Balaban J connectivity index is 1.79. The van der Waals surface area contributed by atoms with Crippen molar-refractivity contribution in [2.24, 2.45) is 0 Å². The molecule has 3 heterocycles. The quantitative estimate of drug-likeness (QED) is 0.111. The number of fused-ring (bicyclic) bond motifs is 3. The van der Waals surface area contributed by atoms with Crippen LogP contribution in [0, 0.1) is 0 Å². The van der Waals surface area contributed by atoms with Crippen LogP contribution in [0.4, 0.5) is 0 Å². The minimum absolute atomic E-state index is 0.0277. The van der Waals surface area contributed by atoms with Crippen molar-refractivity contribution in [3.63, 3.8) is 0 Å². The predicted molar refractivity (Wildman–Crippen MR) is 175 cm³/mol. The molecule has 3 fully saturated rings. The van der Waals surface area contributed by atoms with E-state index in [1.165, 1.54) is 46.6 Å². The zero-order valence-electron chi connectivity index (χ0n) is 28.8. The minimum Gasteiger partial charge on any atom is -0.504 e. The number of aliphatic hydroxyl groups excluding tert-OH is 6. The number of aliphatic hydroxyl groups is 6. The molecular weight excluding hydrogens is 712 g/mol. The van der Waals surface area contributed by atoms with Crippen molar-refractivity contribution >= 4 is 24.1 Å². The molecule has 0 radical (unpaired) electrons. The molecule has 53 heavy (non-hydrogen) atoms. The van der Waals surface area contributed by atoms with Crippen molar-refractivity contribution in [3.8, 4) is 34.5 Å². The highest BCUT2D eigenvalue weighted by Gasteiger charge is 2.61. The van der Waals surface area contributed by atoms with E-state index in [2.05, 4.69) is 0 Å². The molecule has 8 N–H and O–H groups in total. The Morgan fingerprint density at radius 3 is 1.96 bits per heavy atom. The first-order valence-corrected chi connectivity index (χ1v) is 15.9. The van der Waals surface area contributed by atoms with Gasteiger partial charge in [-0.3, -0.25) is 0 Å². The Kier molecular flexibility index (Phi) is 12.0. The Hall–Kier alpha value is -4.70. The van der Waals surface area contributed by atoms with Gasteiger partial charge in [0, 0.05) is 11.6 Å². The maximum Gasteiger partial charge on any atom is 0.339 e. The Labute approximate surface area is 301 Å². The van der Waals surface area contributed by atoms with Crippen molar-refractivity contribution in [3.05, 3.63) is 46.5 Å². The van der Waals surface area contributed by atoms with Crippen LogP contribution in [0.3, 0.4) is 0 Å². The van der Waals surface area contributed by atoms with Gasteiger partial charge in [-0.25, -0.2) is 9.59 Å². The van der Waals surface area contributed by atoms with E-state index < -0.39 is 103 Å². The molecule has 2 bridgehead atoms. The van der Waals surface area contributed by atoms with Crippen molar-refractivity contribution in [2.75, 3.05) is 48.3 Å². The number of hydrogen-bond donors (Lipinski definition) is 8. The highest BCUT2D eigenvalue weighted by atomic mass is 16.8. The van der Waals surface area contributed by atoms with Gasteiger partial charge in [0.1, 0.15) is 55.6 Å². The molecule has 3 saturated heterocycles. The fourth-order valence-corrected chi connectivity index (χ4v) is 6.01. The van der Waals surface area contributed by atoms with Crippen LogP contribution >= 0.6 is 0 Å². The van der Waals surface area contributed by atoms with E-state index in [0.29, 0.717) is 0 Å². The van der Waals surface area contributed by atoms with Gasteiger partial charge >= 0.3 is 11.9 Å². The number of phenols is 2. The fraction of sp³-hybridized carbons (Fsp3) is 0.471. The van der Waals surface area contributed by atoms with Gasteiger partial charge in [-0.15, -0.1) is 0 Å². The lowest BCUT2D eigenvalue weighted by Crippen LogP contribution is -2.63. The van der Waals surface area contributed by atoms with E-state index >= 15 is 0 Å². The number of cyclic esters (lactones) is 1. The van der Waals surface area contributed by atoms with Gasteiger partial charge in [-0.2, -0.15) is 0 Å². The van der Waals surface area contributed by atoms with E-state index in [4.69, 9.17) is 42.6 Å². The number of carbonyl (C=O) groups excluding carboxylic acids is 2. The lowest BCUT2D eigenvalue weighted by molar-refractivity contribution is -0.383. The summed E-state index contributed by atoms with van der Waals surface area (Å²) in [6.45, 7) is -2.89. The van der Waals surface area contributed by atoms with Crippen molar-refractivity contribution in [2.45, 2.75) is 54.8 Å². The highest BCUT2D eigenvalue weighted by molar-refractivity contribution is 6.13. The summed E-state index contributed by atoms with van der Waals surface area (Å²) in [7, 11) is 5.02. The van der Waals surface area contributed by atoms with E-state index in [0.717, 1.165) is 18.2 Å². The van der Waals surface area contributed by atoms with Gasteiger partial charge in [-0.1, -0.05) is 0 Å². The largest absolute Gasteiger partial charge is 0.504 e. The Bertz CT molecular complexity index is 1720. The van der Waals surface area contributed by atoms with Crippen molar-refractivity contribution < 1.29 is 93.1 Å². The molecule has 3 aliphatic rings. The average molecular weight is 753 g/mol. The van der Waals surface area contributed by atoms with Crippen LogP contribution in [0.15, 0.2) is 35.4 Å². The standard InChI is InChI=1S/C34H40O19/c1-45-19-10-18(37)20(46-2)9-15(19)8-17-16(5-14-6-21(47-3)25(38)22(7-14)48-4)31(43)49-12-24-26(39)28(41)29(42)33(50-24)53-34(13-36)30(51-32(17)44)27(40)23(11-35)52-34/h5-10,23-24,26-30,33,35-42H,11-13H2,1-4H3/t23-,24+,26-,27-,28+,29-,30+,33-,34+/m1/s1. The zero-order valence-corrected chi connectivity index (χ0v) is 28.8. The first kappa shape index (κ1) is 39.5. The SMILES string of the molecule is COc1cc(C=C2C(=O)O[C@H]3[C@H](O)[C@@H](CO)O[C@@]3(CO)O[C@H]3O[C@@H](COC(=O)C2=Cc2cc(OC)c(O)c(OC)c2)[C@@H](O)[C@H](O)[C@H]3O)c(OC)cc1O. The monoisotopic (exact) mass is 752 g/mol. The molecule has 2 aromatic rings. The zero-order chi connectivity index (χ0) is 38.8. The molecule has 0 unspecified atom stereocenters. The third-order valence-electron chi connectivity index (χ3n) is 8.85. The summed E-state index contributed by atoms with van der Waals surface area (Å²) in [4.78, 5) is 28.6. The highest BCUT2D eigenvalue weighted by Crippen LogP contribution is 2.42. The smallest absolute Gasteiger partial charge is 0.339 e. The summed E-state index contributed by atoms with van der Waals surface area (Å²) in [5.74, 6) is -6.28. The van der Waals surface area contributed by atoms with Crippen LogP contribution in [0.5, 0.6) is 34.5 Å². The molecule has 0 saturated carbocycles. The van der Waals surface area contributed by atoms with E-state index in [1.54, 1.807) is 0 Å². The number of esters is 2. The number of benzene rings is 2. The summed E-state index contributed by atoms with van der Waals surface area (Å²) in [6.07, 6.45) is -12.7. The van der Waals surface area contributed by atoms with Gasteiger partial charge in [0.05, 0.1) is 46.2 Å². The molecule has 290 valence electrons. The van der Waals surface area contributed by atoms with Gasteiger partial charge in [-0.05, 0) is 35.9 Å².